The first-order valence-corrected chi connectivity index (χ1v) is 5.51. The lowest BCUT2D eigenvalue weighted by Gasteiger charge is -2.23. The minimum Gasteiger partial charge on any atom is -0.494 e. The van der Waals surface area contributed by atoms with Crippen LogP contribution in [-0.2, 0) is 0 Å². The van der Waals surface area contributed by atoms with Gasteiger partial charge in [-0.15, -0.1) is 0 Å². The lowest BCUT2D eigenvalue weighted by molar-refractivity contribution is 0.281. The van der Waals surface area contributed by atoms with Crippen LogP contribution < -0.4 is 9.64 Å². The van der Waals surface area contributed by atoms with Crippen LogP contribution in [0.1, 0.15) is 6.92 Å². The first-order valence-electron chi connectivity index (χ1n) is 5.51. The predicted octanol–water partition coefficient (Wildman–Crippen LogP) is 0.876. The molecule has 0 aliphatic heterocycles. The van der Waals surface area contributed by atoms with Crippen molar-refractivity contribution in [3.05, 3.63) is 24.3 Å². The van der Waals surface area contributed by atoms with Gasteiger partial charge in [-0.05, 0) is 31.2 Å². The van der Waals surface area contributed by atoms with Gasteiger partial charge < -0.3 is 19.8 Å². The van der Waals surface area contributed by atoms with Crippen molar-refractivity contribution in [2.24, 2.45) is 0 Å². The van der Waals surface area contributed by atoms with E-state index in [1.165, 1.54) is 0 Å². The summed E-state index contributed by atoms with van der Waals surface area (Å²) in [6.07, 6.45) is 0. The topological polar surface area (TPSA) is 52.9 Å². The zero-order chi connectivity index (χ0) is 11.8. The van der Waals surface area contributed by atoms with Crippen molar-refractivity contribution >= 4 is 5.69 Å². The van der Waals surface area contributed by atoms with Crippen molar-refractivity contribution in [1.82, 2.24) is 0 Å². The minimum atomic E-state index is 0.0766. The van der Waals surface area contributed by atoms with Crippen LogP contribution in [0, 0.1) is 0 Å². The Labute approximate surface area is 96.1 Å². The molecular formula is C12H19NO3. The van der Waals surface area contributed by atoms with Crippen LogP contribution in [0.3, 0.4) is 0 Å². The summed E-state index contributed by atoms with van der Waals surface area (Å²) in [4.78, 5) is 1.93. The Balaban J connectivity index is 2.68. The van der Waals surface area contributed by atoms with Gasteiger partial charge in [0.1, 0.15) is 5.75 Å². The van der Waals surface area contributed by atoms with Gasteiger partial charge in [-0.2, -0.15) is 0 Å². The van der Waals surface area contributed by atoms with Crippen LogP contribution in [0.15, 0.2) is 24.3 Å². The number of ether oxygens (including phenoxy) is 1. The molecule has 0 radical (unpaired) electrons. The van der Waals surface area contributed by atoms with Crippen LogP contribution in [-0.4, -0.2) is 43.1 Å². The second-order valence-electron chi connectivity index (χ2n) is 3.36. The average molecular weight is 225 g/mol. The summed E-state index contributed by atoms with van der Waals surface area (Å²) >= 11 is 0. The molecule has 4 nitrogen and oxygen atoms in total. The third-order valence-electron chi connectivity index (χ3n) is 2.25. The van der Waals surface area contributed by atoms with Gasteiger partial charge in [0.05, 0.1) is 19.8 Å². The number of aliphatic hydroxyl groups excluding tert-OH is 2. The molecule has 16 heavy (non-hydrogen) atoms. The quantitative estimate of drug-likeness (QED) is 0.723. The summed E-state index contributed by atoms with van der Waals surface area (Å²) in [5.74, 6) is 0.833. The highest BCUT2D eigenvalue weighted by atomic mass is 16.5. The normalized spacial score (nSPS) is 10.2. The van der Waals surface area contributed by atoms with Crippen LogP contribution in [0.4, 0.5) is 5.69 Å². The van der Waals surface area contributed by atoms with Gasteiger partial charge in [0.15, 0.2) is 0 Å². The van der Waals surface area contributed by atoms with E-state index in [1.54, 1.807) is 0 Å². The van der Waals surface area contributed by atoms with Gasteiger partial charge in [-0.3, -0.25) is 0 Å². The Hall–Kier alpha value is -1.26. The van der Waals surface area contributed by atoms with Crippen LogP contribution >= 0.6 is 0 Å². The van der Waals surface area contributed by atoms with Gasteiger partial charge in [0, 0.05) is 18.8 Å². The SMILES string of the molecule is CCOc1ccc(N(CCO)CCO)cc1. The van der Waals surface area contributed by atoms with Crippen LogP contribution in [0.2, 0.25) is 0 Å². The van der Waals surface area contributed by atoms with E-state index < -0.39 is 0 Å². The predicted molar refractivity (Wildman–Crippen MR) is 64.0 cm³/mol. The molecule has 0 aliphatic rings. The zero-order valence-corrected chi connectivity index (χ0v) is 9.59. The largest absolute Gasteiger partial charge is 0.494 e. The molecule has 0 atom stereocenters. The molecule has 0 amide bonds. The van der Waals surface area contributed by atoms with E-state index in [0.717, 1.165) is 11.4 Å². The first kappa shape index (κ1) is 12.8. The Morgan fingerprint density at radius 1 is 1.06 bits per heavy atom. The summed E-state index contributed by atoms with van der Waals surface area (Å²) in [5, 5.41) is 17.8. The molecule has 0 fully saturated rings. The minimum absolute atomic E-state index is 0.0766. The molecule has 2 N–H and O–H groups in total. The maximum atomic E-state index is 8.92. The summed E-state index contributed by atoms with van der Waals surface area (Å²) in [7, 11) is 0. The number of hydrogen-bond acceptors (Lipinski definition) is 4. The number of anilines is 1. The smallest absolute Gasteiger partial charge is 0.119 e. The lowest BCUT2D eigenvalue weighted by atomic mass is 10.2. The number of nitrogens with zero attached hydrogens (tertiary/aromatic N) is 1. The molecule has 0 bridgehead atoms. The highest BCUT2D eigenvalue weighted by molar-refractivity contribution is 5.49. The Morgan fingerprint density at radius 2 is 1.62 bits per heavy atom. The molecule has 1 aromatic rings. The third-order valence-corrected chi connectivity index (χ3v) is 2.25. The average Bonchev–Trinajstić information content (AvgIpc) is 2.30. The van der Waals surface area contributed by atoms with E-state index >= 15 is 0 Å². The third kappa shape index (κ3) is 3.72. The molecule has 0 aromatic heterocycles. The first-order chi connectivity index (χ1) is 7.81. The van der Waals surface area contributed by atoms with E-state index in [1.807, 2.05) is 36.1 Å². The summed E-state index contributed by atoms with van der Waals surface area (Å²) < 4.78 is 5.34. The number of rotatable bonds is 7. The number of hydrogen-bond donors (Lipinski definition) is 2. The van der Waals surface area contributed by atoms with Gasteiger partial charge in [-0.25, -0.2) is 0 Å². The van der Waals surface area contributed by atoms with Crippen LogP contribution in [0.5, 0.6) is 5.75 Å². The van der Waals surface area contributed by atoms with Crippen molar-refractivity contribution in [3.8, 4) is 5.75 Å². The van der Waals surface area contributed by atoms with E-state index in [9.17, 15) is 0 Å². The van der Waals surface area contributed by atoms with E-state index in [0.29, 0.717) is 19.7 Å². The molecule has 1 aromatic carbocycles. The fourth-order valence-corrected chi connectivity index (χ4v) is 1.53. The highest BCUT2D eigenvalue weighted by Crippen LogP contribution is 2.19. The lowest BCUT2D eigenvalue weighted by Crippen LogP contribution is -2.29. The molecule has 0 saturated carbocycles. The molecule has 0 aliphatic carbocycles. The number of benzene rings is 1. The van der Waals surface area contributed by atoms with Crippen LogP contribution in [0.25, 0.3) is 0 Å². The molecule has 0 saturated heterocycles. The number of aliphatic hydroxyl groups is 2. The zero-order valence-electron chi connectivity index (χ0n) is 9.59. The summed E-state index contributed by atoms with van der Waals surface area (Å²) in [6, 6.07) is 7.63. The van der Waals surface area contributed by atoms with Gasteiger partial charge in [0.25, 0.3) is 0 Å². The van der Waals surface area contributed by atoms with Crippen molar-refractivity contribution in [2.75, 3.05) is 37.8 Å². The van der Waals surface area contributed by atoms with Crippen molar-refractivity contribution in [3.63, 3.8) is 0 Å². The molecule has 1 rings (SSSR count). The van der Waals surface area contributed by atoms with Crippen molar-refractivity contribution in [2.45, 2.75) is 6.92 Å². The maximum Gasteiger partial charge on any atom is 0.119 e. The second-order valence-corrected chi connectivity index (χ2v) is 3.36. The molecular weight excluding hydrogens is 206 g/mol. The molecule has 0 heterocycles. The van der Waals surface area contributed by atoms with Gasteiger partial charge >= 0.3 is 0 Å². The monoisotopic (exact) mass is 225 g/mol. The molecule has 90 valence electrons. The summed E-state index contributed by atoms with van der Waals surface area (Å²) in [6.45, 7) is 3.79. The second kappa shape index (κ2) is 7.09. The molecule has 0 spiro atoms. The van der Waals surface area contributed by atoms with E-state index in [-0.39, 0.29) is 13.2 Å². The van der Waals surface area contributed by atoms with E-state index in [2.05, 4.69) is 0 Å². The Morgan fingerprint density at radius 3 is 2.06 bits per heavy atom. The fraction of sp³-hybridized carbons (Fsp3) is 0.500. The van der Waals surface area contributed by atoms with Gasteiger partial charge in [0.2, 0.25) is 0 Å². The van der Waals surface area contributed by atoms with Crippen molar-refractivity contribution in [1.29, 1.82) is 0 Å². The highest BCUT2D eigenvalue weighted by Gasteiger charge is 2.04. The van der Waals surface area contributed by atoms with Gasteiger partial charge in [-0.1, -0.05) is 0 Å². The van der Waals surface area contributed by atoms with E-state index in [4.69, 9.17) is 14.9 Å². The maximum absolute atomic E-state index is 8.92. The Kier molecular flexibility index (Phi) is 5.67. The van der Waals surface area contributed by atoms with Crippen molar-refractivity contribution < 1.29 is 14.9 Å². The fourth-order valence-electron chi connectivity index (χ4n) is 1.53. The molecule has 4 heteroatoms. The Bertz CT molecular complexity index is 281. The molecule has 0 unspecified atom stereocenters. The summed E-state index contributed by atoms with van der Waals surface area (Å²) in [5.41, 5.74) is 0.978. The standard InChI is InChI=1S/C12H19NO3/c1-2-16-12-5-3-11(4-6-12)13(7-9-14)8-10-15/h3-6,14-15H,2,7-10H2,1H3.